The van der Waals surface area contributed by atoms with Gasteiger partial charge < -0.3 is 0 Å². The van der Waals surface area contributed by atoms with Crippen LogP contribution in [0.2, 0.25) is 0 Å². The van der Waals surface area contributed by atoms with Crippen molar-refractivity contribution in [3.05, 3.63) is 102 Å². The number of hydrogen-bond acceptors (Lipinski definition) is 5. The Bertz CT molecular complexity index is 1180. The molecule has 4 rings (SSSR count). The summed E-state index contributed by atoms with van der Waals surface area (Å²) in [6.45, 7) is 0.360. The molecule has 1 aliphatic heterocycles. The summed E-state index contributed by atoms with van der Waals surface area (Å²) in [6.07, 6.45) is 5.79. The largest absolute Gasteiger partial charge is 0.283 e. The first-order chi connectivity index (χ1) is 15.6. The van der Waals surface area contributed by atoms with Gasteiger partial charge in [0.15, 0.2) is 5.25 Å². The molecule has 1 aromatic heterocycles. The van der Waals surface area contributed by atoms with Gasteiger partial charge in [-0.05, 0) is 42.0 Å². The zero-order chi connectivity index (χ0) is 22.4. The highest BCUT2D eigenvalue weighted by Crippen LogP contribution is 2.35. The Morgan fingerprint density at radius 3 is 2.25 bits per heavy atom. The number of aromatic nitrogens is 1. The molecule has 1 saturated heterocycles. The number of aryl methyl sites for hydroxylation is 1. The zero-order valence-electron chi connectivity index (χ0n) is 17.7. The predicted octanol–water partition coefficient (Wildman–Crippen LogP) is 3.96. The lowest BCUT2D eigenvalue weighted by atomic mass is 10.1. The fourth-order valence-electron chi connectivity index (χ4n) is 3.84. The molecule has 7 heteroatoms. The first-order valence-corrected chi connectivity index (χ1v) is 12.2. The summed E-state index contributed by atoms with van der Waals surface area (Å²) < 4.78 is 27.7. The molecule has 0 N–H and O–H groups in total. The second kappa shape index (κ2) is 9.87. The molecule has 0 aliphatic carbocycles. The maximum Gasteiger partial charge on any atom is 0.283 e. The third-order valence-electron chi connectivity index (χ3n) is 5.45. The molecular formula is C25H25N3O3S. The van der Waals surface area contributed by atoms with Crippen LogP contribution in [-0.4, -0.2) is 35.9 Å². The molecule has 0 bridgehead atoms. The van der Waals surface area contributed by atoms with E-state index in [1.54, 1.807) is 48.8 Å². The van der Waals surface area contributed by atoms with Crippen LogP contribution in [0.4, 0.5) is 0 Å². The van der Waals surface area contributed by atoms with Crippen LogP contribution < -0.4 is 0 Å². The summed E-state index contributed by atoms with van der Waals surface area (Å²) >= 11 is 0. The van der Waals surface area contributed by atoms with Gasteiger partial charge in [-0.1, -0.05) is 66.7 Å². The van der Waals surface area contributed by atoms with E-state index in [0.717, 1.165) is 23.6 Å². The number of pyridine rings is 1. The molecule has 32 heavy (non-hydrogen) atoms. The van der Waals surface area contributed by atoms with Gasteiger partial charge in [-0.15, -0.1) is 0 Å². The molecule has 6 nitrogen and oxygen atoms in total. The Kier molecular flexibility index (Phi) is 6.75. The van der Waals surface area contributed by atoms with Crippen LogP contribution in [0, 0.1) is 0 Å². The van der Waals surface area contributed by atoms with Crippen molar-refractivity contribution in [1.29, 1.82) is 0 Å². The Morgan fingerprint density at radius 2 is 1.56 bits per heavy atom. The van der Waals surface area contributed by atoms with Crippen LogP contribution in [0.1, 0.15) is 34.8 Å². The third-order valence-corrected chi connectivity index (χ3v) is 7.45. The minimum absolute atomic E-state index is 0.0502. The average Bonchev–Trinajstić information content (AvgIpc) is 3.00. The lowest BCUT2D eigenvalue weighted by Crippen LogP contribution is -2.30. The fourth-order valence-corrected chi connectivity index (χ4v) is 5.70. The summed E-state index contributed by atoms with van der Waals surface area (Å²) in [5, 5.41) is -1.08. The van der Waals surface area contributed by atoms with E-state index < -0.39 is 21.2 Å². The van der Waals surface area contributed by atoms with E-state index in [1.807, 2.05) is 24.3 Å². The molecule has 3 aromatic rings. The highest BCUT2D eigenvalue weighted by atomic mass is 32.2. The minimum Gasteiger partial charge on any atom is -0.282 e. The number of amides is 1. The molecule has 0 radical (unpaired) electrons. The first kappa shape index (κ1) is 21.9. The number of carbonyl (C=O) groups is 1. The van der Waals surface area contributed by atoms with E-state index in [2.05, 4.69) is 22.1 Å². The Labute approximate surface area is 188 Å². The van der Waals surface area contributed by atoms with Gasteiger partial charge in [0.05, 0.1) is 6.54 Å². The van der Waals surface area contributed by atoms with Gasteiger partial charge in [0, 0.05) is 18.9 Å². The maximum atomic E-state index is 13.4. The van der Waals surface area contributed by atoms with Gasteiger partial charge >= 0.3 is 0 Å². The Balaban J connectivity index is 1.55. The molecule has 1 fully saturated rings. The van der Waals surface area contributed by atoms with Gasteiger partial charge in [0.25, 0.3) is 15.9 Å². The van der Waals surface area contributed by atoms with Crippen LogP contribution in [0.3, 0.4) is 0 Å². The number of rotatable bonds is 8. The summed E-state index contributed by atoms with van der Waals surface area (Å²) in [5.41, 5.74) is 2.56. The molecule has 0 spiro atoms. The van der Waals surface area contributed by atoms with E-state index in [9.17, 15) is 13.2 Å². The van der Waals surface area contributed by atoms with Crippen molar-refractivity contribution in [3.8, 4) is 0 Å². The summed E-state index contributed by atoms with van der Waals surface area (Å²) in [4.78, 5) is 21.7. The number of carbonyl (C=O) groups excluding carboxylic acids is 1. The third kappa shape index (κ3) is 4.78. The Hall–Kier alpha value is -3.32. The van der Waals surface area contributed by atoms with Gasteiger partial charge in [-0.3, -0.25) is 14.8 Å². The zero-order valence-corrected chi connectivity index (χ0v) is 18.5. The molecule has 1 atom stereocenters. The van der Waals surface area contributed by atoms with Crippen molar-refractivity contribution in [2.75, 3.05) is 6.54 Å². The maximum absolute atomic E-state index is 13.4. The van der Waals surface area contributed by atoms with Gasteiger partial charge in [0.2, 0.25) is 0 Å². The average molecular weight is 448 g/mol. The number of hydrogen-bond donors (Lipinski definition) is 0. The normalized spacial score (nSPS) is 18.9. The smallest absolute Gasteiger partial charge is 0.282 e. The van der Waals surface area contributed by atoms with Crippen molar-refractivity contribution < 1.29 is 13.2 Å². The molecular weight excluding hydrogens is 422 g/mol. The SMILES string of the molecule is O=C1C(=NCCCCc2ccccc2)C(c2ccccc2)S(=O)(=O)N1Cc1cccnc1. The number of aliphatic imine (C=N–C) groups is 1. The van der Waals surface area contributed by atoms with E-state index in [0.29, 0.717) is 17.7 Å². The second-order valence-electron chi connectivity index (χ2n) is 7.72. The second-order valence-corrected chi connectivity index (χ2v) is 9.66. The van der Waals surface area contributed by atoms with Crippen LogP contribution >= 0.6 is 0 Å². The van der Waals surface area contributed by atoms with Gasteiger partial charge in [-0.2, -0.15) is 0 Å². The highest BCUT2D eigenvalue weighted by molar-refractivity contribution is 7.91. The standard InChI is InChI=1S/C25H25N3O3S/c29-25-23(27-17-8-7-12-20-10-3-1-4-11-20)24(22-14-5-2-6-15-22)32(30,31)28(25)19-21-13-9-16-26-18-21/h1-6,9-11,13-16,18,24H,7-8,12,17,19H2. The van der Waals surface area contributed by atoms with Crippen LogP contribution in [-0.2, 0) is 27.8 Å². The number of nitrogens with zero attached hydrogens (tertiary/aromatic N) is 3. The fraction of sp³-hybridized carbons (Fsp3) is 0.240. The van der Waals surface area contributed by atoms with E-state index in [1.165, 1.54) is 5.56 Å². The number of sulfonamides is 1. The Morgan fingerprint density at radius 1 is 0.875 bits per heavy atom. The molecule has 164 valence electrons. The van der Waals surface area contributed by atoms with E-state index >= 15 is 0 Å². The van der Waals surface area contributed by atoms with Crippen molar-refractivity contribution in [1.82, 2.24) is 9.29 Å². The topological polar surface area (TPSA) is 79.7 Å². The molecule has 1 amide bonds. The first-order valence-electron chi connectivity index (χ1n) is 10.7. The van der Waals surface area contributed by atoms with Gasteiger partial charge in [-0.25, -0.2) is 12.7 Å². The molecule has 0 saturated carbocycles. The van der Waals surface area contributed by atoms with E-state index in [4.69, 9.17) is 0 Å². The van der Waals surface area contributed by atoms with Crippen molar-refractivity contribution in [2.24, 2.45) is 4.99 Å². The van der Waals surface area contributed by atoms with Gasteiger partial charge in [0.1, 0.15) is 5.71 Å². The quantitative estimate of drug-likeness (QED) is 0.490. The molecule has 2 aromatic carbocycles. The van der Waals surface area contributed by atoms with Crippen molar-refractivity contribution in [3.63, 3.8) is 0 Å². The lowest BCUT2D eigenvalue weighted by Gasteiger charge is -2.16. The predicted molar refractivity (Wildman–Crippen MR) is 125 cm³/mol. The van der Waals surface area contributed by atoms with Crippen LogP contribution in [0.15, 0.2) is 90.2 Å². The number of unbranched alkanes of at least 4 members (excludes halogenated alkanes) is 1. The molecule has 1 unspecified atom stereocenters. The summed E-state index contributed by atoms with van der Waals surface area (Å²) in [6, 6.07) is 22.5. The molecule has 2 heterocycles. The van der Waals surface area contributed by atoms with Crippen molar-refractivity contribution >= 4 is 21.6 Å². The monoisotopic (exact) mass is 447 g/mol. The minimum atomic E-state index is -3.94. The molecule has 1 aliphatic rings. The summed E-state index contributed by atoms with van der Waals surface area (Å²) in [7, 11) is -3.94. The number of benzene rings is 2. The van der Waals surface area contributed by atoms with Crippen molar-refractivity contribution in [2.45, 2.75) is 31.1 Å². The van der Waals surface area contributed by atoms with Crippen LogP contribution in [0.25, 0.3) is 0 Å². The van der Waals surface area contributed by atoms with E-state index in [-0.39, 0.29) is 12.3 Å². The summed E-state index contributed by atoms with van der Waals surface area (Å²) in [5.74, 6) is -0.550. The lowest BCUT2D eigenvalue weighted by molar-refractivity contribution is -0.119. The van der Waals surface area contributed by atoms with Crippen LogP contribution in [0.5, 0.6) is 0 Å². The highest BCUT2D eigenvalue weighted by Gasteiger charge is 2.50.